The Morgan fingerprint density at radius 1 is 0.840 bits per heavy atom. The molecule has 1 saturated carbocycles. The van der Waals surface area contributed by atoms with Gasteiger partial charge in [0.05, 0.1) is 24.3 Å². The van der Waals surface area contributed by atoms with Gasteiger partial charge in [0.2, 0.25) is 0 Å². The van der Waals surface area contributed by atoms with Crippen molar-refractivity contribution in [2.75, 3.05) is 13.2 Å². The summed E-state index contributed by atoms with van der Waals surface area (Å²) in [6.45, 7) is 0.0945. The minimum Gasteiger partial charge on any atom is -0.462 e. The minimum absolute atomic E-state index is 0.0473. The van der Waals surface area contributed by atoms with Crippen LogP contribution in [0.4, 0.5) is 0 Å². The van der Waals surface area contributed by atoms with E-state index in [0.717, 1.165) is 0 Å². The van der Waals surface area contributed by atoms with Gasteiger partial charge < -0.3 is 9.47 Å². The van der Waals surface area contributed by atoms with Crippen molar-refractivity contribution in [2.45, 2.75) is 4.33 Å². The maximum Gasteiger partial charge on any atom is 0.338 e. The van der Waals surface area contributed by atoms with Crippen molar-refractivity contribution in [3.8, 4) is 0 Å². The summed E-state index contributed by atoms with van der Waals surface area (Å²) in [6.07, 6.45) is 6.01. The minimum atomic E-state index is -1.09. The Balaban J connectivity index is 1.49. The van der Waals surface area contributed by atoms with Crippen molar-refractivity contribution >= 4 is 35.1 Å². The largest absolute Gasteiger partial charge is 0.462 e. The first-order valence-electron chi connectivity index (χ1n) is 7.52. The zero-order valence-electron chi connectivity index (χ0n) is 13.0. The smallest absolute Gasteiger partial charge is 0.338 e. The molecule has 0 aliphatic heterocycles. The summed E-state index contributed by atoms with van der Waals surface area (Å²) < 4.78 is 9.36. The normalized spacial score (nSPS) is 20.6. The molecule has 2 atom stereocenters. The Hall–Kier alpha value is -2.18. The van der Waals surface area contributed by atoms with Crippen molar-refractivity contribution in [3.05, 3.63) is 60.2 Å². The van der Waals surface area contributed by atoms with Crippen LogP contribution >= 0.6 is 23.2 Å². The maximum atomic E-state index is 11.9. The second kappa shape index (κ2) is 7.37. The highest BCUT2D eigenvalue weighted by Crippen LogP contribution is 2.59. The van der Waals surface area contributed by atoms with Crippen LogP contribution in [0.15, 0.2) is 49.1 Å². The van der Waals surface area contributed by atoms with Gasteiger partial charge in [-0.2, -0.15) is 0 Å². The molecule has 6 nitrogen and oxygen atoms in total. The number of rotatable bonds is 6. The second-order valence-electron chi connectivity index (χ2n) is 5.56. The average molecular weight is 381 g/mol. The molecule has 8 heteroatoms. The number of ether oxygens (including phenoxy) is 2. The van der Waals surface area contributed by atoms with Crippen LogP contribution in [0.5, 0.6) is 0 Å². The summed E-state index contributed by atoms with van der Waals surface area (Å²) in [6, 6.07) is 6.21. The molecule has 2 aromatic rings. The van der Waals surface area contributed by atoms with E-state index in [-0.39, 0.29) is 25.0 Å². The molecule has 25 heavy (non-hydrogen) atoms. The van der Waals surface area contributed by atoms with Crippen LogP contribution in [0.25, 0.3) is 0 Å². The van der Waals surface area contributed by atoms with E-state index in [1.165, 1.54) is 24.8 Å². The molecule has 3 rings (SSSR count). The SMILES string of the molecule is O=C(OC[C@H]1[C@H](COC(=O)c2ccncc2)C1(Cl)Cl)c1ccncc1. The van der Waals surface area contributed by atoms with Crippen molar-refractivity contribution < 1.29 is 19.1 Å². The lowest BCUT2D eigenvalue weighted by Crippen LogP contribution is -2.11. The van der Waals surface area contributed by atoms with E-state index in [1.807, 2.05) is 0 Å². The molecule has 1 aliphatic carbocycles. The van der Waals surface area contributed by atoms with Crippen LogP contribution in [0.3, 0.4) is 0 Å². The zero-order valence-corrected chi connectivity index (χ0v) is 14.5. The van der Waals surface area contributed by atoms with Gasteiger partial charge in [-0.15, -0.1) is 23.2 Å². The fraction of sp³-hybridized carbons (Fsp3) is 0.294. The van der Waals surface area contributed by atoms with E-state index in [2.05, 4.69) is 9.97 Å². The van der Waals surface area contributed by atoms with Gasteiger partial charge in [-0.3, -0.25) is 9.97 Å². The van der Waals surface area contributed by atoms with E-state index in [1.54, 1.807) is 24.3 Å². The summed E-state index contributed by atoms with van der Waals surface area (Å²) in [5, 5.41) is 0. The number of aromatic nitrogens is 2. The fourth-order valence-corrected chi connectivity index (χ4v) is 3.12. The van der Waals surface area contributed by atoms with Gasteiger partial charge in [0, 0.05) is 36.6 Å². The van der Waals surface area contributed by atoms with Crippen molar-refractivity contribution in [2.24, 2.45) is 11.8 Å². The number of alkyl halides is 2. The van der Waals surface area contributed by atoms with E-state index in [0.29, 0.717) is 11.1 Å². The quantitative estimate of drug-likeness (QED) is 0.566. The second-order valence-corrected chi connectivity index (χ2v) is 7.00. The third kappa shape index (κ3) is 4.08. The monoisotopic (exact) mass is 380 g/mol. The highest BCUT2D eigenvalue weighted by Gasteiger charge is 2.64. The molecule has 1 fully saturated rings. The number of hydrogen-bond acceptors (Lipinski definition) is 6. The number of carbonyl (C=O) groups excluding carboxylic acids is 2. The van der Waals surface area contributed by atoms with Crippen molar-refractivity contribution in [1.82, 2.24) is 9.97 Å². The molecule has 1 aliphatic rings. The van der Waals surface area contributed by atoms with E-state index in [4.69, 9.17) is 32.7 Å². The predicted molar refractivity (Wildman–Crippen MR) is 90.5 cm³/mol. The molecule has 2 aromatic heterocycles. The molecular weight excluding hydrogens is 367 g/mol. The summed E-state index contributed by atoms with van der Waals surface area (Å²) in [7, 11) is 0. The standard InChI is InChI=1S/C17H14Cl2N2O4/c18-17(19)13(9-24-15(22)11-1-5-20-6-2-11)14(17)10-25-16(23)12-3-7-21-8-4-12/h1-8,13-14H,9-10H2/t13-,14-/m0/s1. The van der Waals surface area contributed by atoms with Crippen LogP contribution in [-0.2, 0) is 9.47 Å². The first kappa shape index (κ1) is 17.6. The number of esters is 2. The summed E-state index contributed by atoms with van der Waals surface area (Å²) in [5.74, 6) is -1.56. The number of pyridine rings is 2. The Morgan fingerprint density at radius 3 is 1.56 bits per heavy atom. The fourth-order valence-electron chi connectivity index (χ4n) is 2.39. The Bertz CT molecular complexity index is 692. The van der Waals surface area contributed by atoms with Gasteiger partial charge in [-0.05, 0) is 24.3 Å². The first-order chi connectivity index (χ1) is 12.0. The number of nitrogens with zero attached hydrogens (tertiary/aromatic N) is 2. The Kier molecular flexibility index (Phi) is 5.20. The van der Waals surface area contributed by atoms with E-state index >= 15 is 0 Å². The highest BCUT2D eigenvalue weighted by atomic mass is 35.5. The Morgan fingerprint density at radius 2 is 1.20 bits per heavy atom. The topological polar surface area (TPSA) is 78.4 Å². The molecule has 0 N–H and O–H groups in total. The summed E-state index contributed by atoms with van der Waals surface area (Å²) in [4.78, 5) is 31.5. The molecular formula is C17H14Cl2N2O4. The number of carbonyl (C=O) groups is 2. The first-order valence-corrected chi connectivity index (χ1v) is 8.28. The Labute approximate surface area is 154 Å². The lowest BCUT2D eigenvalue weighted by Gasteiger charge is -2.05. The summed E-state index contributed by atoms with van der Waals surface area (Å²) >= 11 is 12.4. The van der Waals surface area contributed by atoms with Crippen LogP contribution in [0.1, 0.15) is 20.7 Å². The number of halogens is 2. The lowest BCUT2D eigenvalue weighted by molar-refractivity contribution is 0.0419. The van der Waals surface area contributed by atoms with Crippen molar-refractivity contribution in [3.63, 3.8) is 0 Å². The maximum absolute atomic E-state index is 11.9. The highest BCUT2D eigenvalue weighted by molar-refractivity contribution is 6.51. The third-order valence-corrected chi connectivity index (χ3v) is 5.11. The lowest BCUT2D eigenvalue weighted by atomic mass is 10.3. The zero-order chi connectivity index (χ0) is 17.9. The molecule has 0 amide bonds. The molecule has 0 bridgehead atoms. The van der Waals surface area contributed by atoms with Crippen LogP contribution in [-0.4, -0.2) is 39.5 Å². The van der Waals surface area contributed by atoms with E-state index in [9.17, 15) is 9.59 Å². The van der Waals surface area contributed by atoms with Gasteiger partial charge in [-0.1, -0.05) is 0 Å². The molecule has 0 saturated heterocycles. The third-order valence-electron chi connectivity index (χ3n) is 3.99. The van der Waals surface area contributed by atoms with Crippen molar-refractivity contribution in [1.29, 1.82) is 0 Å². The van der Waals surface area contributed by atoms with Gasteiger partial charge in [0.1, 0.15) is 4.33 Å². The molecule has 0 spiro atoms. The van der Waals surface area contributed by atoms with Crippen LogP contribution in [0.2, 0.25) is 0 Å². The number of hydrogen-bond donors (Lipinski definition) is 0. The van der Waals surface area contributed by atoms with Crippen LogP contribution < -0.4 is 0 Å². The molecule has 2 heterocycles. The van der Waals surface area contributed by atoms with E-state index < -0.39 is 16.3 Å². The van der Waals surface area contributed by atoms with Crippen LogP contribution in [0, 0.1) is 11.8 Å². The molecule has 0 radical (unpaired) electrons. The summed E-state index contributed by atoms with van der Waals surface area (Å²) in [5.41, 5.74) is 0.789. The van der Waals surface area contributed by atoms with Gasteiger partial charge in [-0.25, -0.2) is 9.59 Å². The van der Waals surface area contributed by atoms with Gasteiger partial charge in [0.15, 0.2) is 0 Å². The molecule has 0 unspecified atom stereocenters. The molecule has 130 valence electrons. The predicted octanol–water partition coefficient (Wildman–Crippen LogP) is 2.91. The van der Waals surface area contributed by atoms with Gasteiger partial charge >= 0.3 is 11.9 Å². The van der Waals surface area contributed by atoms with Gasteiger partial charge in [0.25, 0.3) is 0 Å². The molecule has 0 aromatic carbocycles. The average Bonchev–Trinajstić information content (AvgIpc) is 3.18.